The number of carbonyl (C=O) groups excluding carboxylic acids is 1. The Bertz CT molecular complexity index is 889. The Kier molecular flexibility index (Phi) is 3.48. The largest absolute Gasteiger partial charge is 0.369 e. The average Bonchev–Trinajstić information content (AvgIpc) is 2.86. The second kappa shape index (κ2) is 5.23. The molecule has 0 saturated carbocycles. The normalized spacial score (nSPS) is 11.8. The van der Waals surface area contributed by atoms with Crippen LogP contribution in [0.1, 0.15) is 30.7 Å². The van der Waals surface area contributed by atoms with Crippen LogP contribution in [0.15, 0.2) is 42.6 Å². The lowest BCUT2D eigenvalue weighted by Crippen LogP contribution is -2.37. The molecular formula is C19H21N3O. The third-order valence-corrected chi connectivity index (χ3v) is 4.30. The molecule has 23 heavy (non-hydrogen) atoms. The summed E-state index contributed by atoms with van der Waals surface area (Å²) in [6.07, 6.45) is 2.00. The Morgan fingerprint density at radius 2 is 1.65 bits per heavy atom. The summed E-state index contributed by atoms with van der Waals surface area (Å²) in [4.78, 5) is 16.8. The van der Waals surface area contributed by atoms with Crippen LogP contribution < -0.4 is 5.73 Å². The lowest BCUT2D eigenvalue weighted by atomic mass is 9.85. The summed E-state index contributed by atoms with van der Waals surface area (Å²) < 4.78 is 1.98. The first-order valence-corrected chi connectivity index (χ1v) is 7.67. The standard InChI is InChI=1S/C19H21N3O/c1-12-5-8-14(9-6-12)16-17(19(3,4)18(20)23)22-11-13(2)7-10-15(22)21-16/h5-11H,1-4H3,(H2,20,23). The summed E-state index contributed by atoms with van der Waals surface area (Å²) in [5.41, 5.74) is 10.6. The van der Waals surface area contributed by atoms with E-state index in [-0.39, 0.29) is 5.91 Å². The Morgan fingerprint density at radius 3 is 2.26 bits per heavy atom. The molecule has 0 aliphatic carbocycles. The molecule has 2 N–H and O–H groups in total. The topological polar surface area (TPSA) is 60.4 Å². The SMILES string of the molecule is Cc1ccc(-c2nc3ccc(C)cn3c2C(C)(C)C(N)=O)cc1. The van der Waals surface area contributed by atoms with Gasteiger partial charge in [0.25, 0.3) is 0 Å². The number of rotatable bonds is 3. The summed E-state index contributed by atoms with van der Waals surface area (Å²) >= 11 is 0. The van der Waals surface area contributed by atoms with E-state index in [2.05, 4.69) is 0 Å². The summed E-state index contributed by atoms with van der Waals surface area (Å²) in [6, 6.07) is 12.1. The number of amides is 1. The molecule has 0 bridgehead atoms. The molecule has 118 valence electrons. The molecule has 1 aromatic carbocycles. The summed E-state index contributed by atoms with van der Waals surface area (Å²) in [5, 5.41) is 0. The number of hydrogen-bond acceptors (Lipinski definition) is 2. The molecule has 3 rings (SSSR count). The zero-order valence-electron chi connectivity index (χ0n) is 13.9. The maximum absolute atomic E-state index is 12.1. The lowest BCUT2D eigenvalue weighted by Gasteiger charge is -2.22. The Hall–Kier alpha value is -2.62. The van der Waals surface area contributed by atoms with Gasteiger partial charge in [-0.05, 0) is 39.3 Å². The van der Waals surface area contributed by atoms with Gasteiger partial charge in [0.2, 0.25) is 5.91 Å². The highest BCUT2D eigenvalue weighted by Crippen LogP contribution is 2.34. The van der Waals surface area contributed by atoms with Crippen molar-refractivity contribution in [3.05, 3.63) is 59.4 Å². The first kappa shape index (κ1) is 15.3. The molecule has 3 aromatic rings. The first-order chi connectivity index (χ1) is 10.8. The van der Waals surface area contributed by atoms with Gasteiger partial charge in [-0.1, -0.05) is 35.9 Å². The van der Waals surface area contributed by atoms with Crippen LogP contribution >= 0.6 is 0 Å². The minimum absolute atomic E-state index is 0.367. The number of pyridine rings is 1. The van der Waals surface area contributed by atoms with Crippen LogP contribution in [-0.4, -0.2) is 15.3 Å². The minimum atomic E-state index is -0.826. The highest BCUT2D eigenvalue weighted by atomic mass is 16.1. The van der Waals surface area contributed by atoms with E-state index in [0.717, 1.165) is 28.2 Å². The predicted octanol–water partition coefficient (Wildman–Crippen LogP) is 3.38. The van der Waals surface area contributed by atoms with Gasteiger partial charge in [0, 0.05) is 11.8 Å². The third kappa shape index (κ3) is 2.50. The van der Waals surface area contributed by atoms with Gasteiger partial charge in [-0.3, -0.25) is 4.79 Å². The molecule has 4 nitrogen and oxygen atoms in total. The van der Waals surface area contributed by atoms with E-state index in [1.807, 2.05) is 74.7 Å². The van der Waals surface area contributed by atoms with Gasteiger partial charge in [0.1, 0.15) is 5.65 Å². The fraction of sp³-hybridized carbons (Fsp3) is 0.263. The van der Waals surface area contributed by atoms with Crippen molar-refractivity contribution < 1.29 is 4.79 Å². The Balaban J connectivity index is 2.37. The van der Waals surface area contributed by atoms with Gasteiger partial charge < -0.3 is 10.1 Å². The van der Waals surface area contributed by atoms with Gasteiger partial charge in [-0.15, -0.1) is 0 Å². The molecule has 0 atom stereocenters. The molecule has 0 saturated heterocycles. The highest BCUT2D eigenvalue weighted by molar-refractivity contribution is 5.88. The number of fused-ring (bicyclic) bond motifs is 1. The van der Waals surface area contributed by atoms with Gasteiger partial charge in [0.05, 0.1) is 16.8 Å². The van der Waals surface area contributed by atoms with E-state index >= 15 is 0 Å². The van der Waals surface area contributed by atoms with Gasteiger partial charge in [0.15, 0.2) is 0 Å². The molecule has 2 aromatic heterocycles. The molecule has 1 amide bonds. The molecule has 4 heteroatoms. The summed E-state index contributed by atoms with van der Waals surface area (Å²) in [7, 11) is 0. The second-order valence-corrected chi connectivity index (χ2v) is 6.60. The van der Waals surface area contributed by atoms with Gasteiger partial charge in [-0.2, -0.15) is 0 Å². The van der Waals surface area contributed by atoms with Crippen LogP contribution in [0.4, 0.5) is 0 Å². The molecule has 0 spiro atoms. The first-order valence-electron chi connectivity index (χ1n) is 7.67. The Labute approximate surface area is 136 Å². The quantitative estimate of drug-likeness (QED) is 0.806. The van der Waals surface area contributed by atoms with Crippen LogP contribution in [0.2, 0.25) is 0 Å². The summed E-state index contributed by atoms with van der Waals surface area (Å²) in [6.45, 7) is 7.76. The van der Waals surface area contributed by atoms with Crippen molar-refractivity contribution in [3.63, 3.8) is 0 Å². The van der Waals surface area contributed by atoms with E-state index in [4.69, 9.17) is 10.7 Å². The molecule has 0 aliphatic rings. The number of carbonyl (C=O) groups is 1. The van der Waals surface area contributed by atoms with Crippen LogP contribution in [0.3, 0.4) is 0 Å². The second-order valence-electron chi connectivity index (χ2n) is 6.60. The average molecular weight is 307 g/mol. The smallest absolute Gasteiger partial charge is 0.229 e. The van der Waals surface area contributed by atoms with E-state index in [1.165, 1.54) is 5.56 Å². The number of hydrogen-bond donors (Lipinski definition) is 1. The molecule has 2 heterocycles. The van der Waals surface area contributed by atoms with Crippen molar-refractivity contribution in [1.82, 2.24) is 9.38 Å². The number of primary amides is 1. The number of nitrogens with zero attached hydrogens (tertiary/aromatic N) is 2. The van der Waals surface area contributed by atoms with Crippen molar-refractivity contribution in [2.24, 2.45) is 5.73 Å². The molecule has 0 fully saturated rings. The molecule has 0 unspecified atom stereocenters. The van der Waals surface area contributed by atoms with Crippen LogP contribution in [-0.2, 0) is 10.2 Å². The van der Waals surface area contributed by atoms with Crippen LogP contribution in [0.5, 0.6) is 0 Å². The monoisotopic (exact) mass is 307 g/mol. The van der Waals surface area contributed by atoms with Gasteiger partial charge >= 0.3 is 0 Å². The third-order valence-electron chi connectivity index (χ3n) is 4.30. The van der Waals surface area contributed by atoms with Crippen LogP contribution in [0, 0.1) is 13.8 Å². The van der Waals surface area contributed by atoms with E-state index in [9.17, 15) is 4.79 Å². The number of nitrogens with two attached hydrogens (primary N) is 1. The molecule has 0 aliphatic heterocycles. The van der Waals surface area contributed by atoms with E-state index < -0.39 is 5.41 Å². The van der Waals surface area contributed by atoms with Crippen molar-refractivity contribution in [2.75, 3.05) is 0 Å². The van der Waals surface area contributed by atoms with Crippen LogP contribution in [0.25, 0.3) is 16.9 Å². The molecular weight excluding hydrogens is 286 g/mol. The lowest BCUT2D eigenvalue weighted by molar-refractivity contribution is -0.122. The van der Waals surface area contributed by atoms with E-state index in [1.54, 1.807) is 0 Å². The maximum Gasteiger partial charge on any atom is 0.229 e. The predicted molar refractivity (Wildman–Crippen MR) is 92.3 cm³/mol. The van der Waals surface area contributed by atoms with Crippen molar-refractivity contribution in [3.8, 4) is 11.3 Å². The highest BCUT2D eigenvalue weighted by Gasteiger charge is 2.34. The fourth-order valence-electron chi connectivity index (χ4n) is 2.78. The van der Waals surface area contributed by atoms with Crippen molar-refractivity contribution >= 4 is 11.6 Å². The fourth-order valence-corrected chi connectivity index (χ4v) is 2.78. The number of imidazole rings is 1. The maximum atomic E-state index is 12.1. The van der Waals surface area contributed by atoms with Crippen molar-refractivity contribution in [1.29, 1.82) is 0 Å². The van der Waals surface area contributed by atoms with Gasteiger partial charge in [-0.25, -0.2) is 4.98 Å². The van der Waals surface area contributed by atoms with Crippen molar-refractivity contribution in [2.45, 2.75) is 33.1 Å². The minimum Gasteiger partial charge on any atom is -0.369 e. The Morgan fingerprint density at radius 1 is 1.04 bits per heavy atom. The summed E-state index contributed by atoms with van der Waals surface area (Å²) in [5.74, 6) is -0.367. The number of aromatic nitrogens is 2. The zero-order chi connectivity index (χ0) is 16.8. The number of benzene rings is 1. The zero-order valence-corrected chi connectivity index (χ0v) is 13.9. The van der Waals surface area contributed by atoms with E-state index in [0.29, 0.717) is 0 Å². The number of aryl methyl sites for hydroxylation is 2. The molecule has 0 radical (unpaired) electrons.